The molecule has 0 aliphatic rings. The van der Waals surface area contributed by atoms with Crippen LogP contribution in [0.1, 0.15) is 45.6 Å². The van der Waals surface area contributed by atoms with Gasteiger partial charge in [0.05, 0.1) is 0 Å². The molecule has 2 nitrogen and oxygen atoms in total. The Balaban J connectivity index is 2.15. The number of nitrogens with zero attached hydrogens (tertiary/aromatic N) is 2. The first kappa shape index (κ1) is 13.7. The molecule has 1 atom stereocenters. The molecule has 1 aromatic carbocycles. The summed E-state index contributed by atoms with van der Waals surface area (Å²) in [4.78, 5) is 8.11. The molecule has 1 heterocycles. The van der Waals surface area contributed by atoms with Gasteiger partial charge in [-0.1, -0.05) is 52.0 Å². The Morgan fingerprint density at radius 2 is 1.53 bits per heavy atom. The van der Waals surface area contributed by atoms with Crippen LogP contribution in [0, 0.1) is 5.41 Å². The minimum Gasteiger partial charge on any atom is -0.244 e. The van der Waals surface area contributed by atoms with Crippen LogP contribution in [0.2, 0.25) is 0 Å². The van der Waals surface area contributed by atoms with Gasteiger partial charge in [-0.25, -0.2) is 9.97 Å². The highest BCUT2D eigenvalue weighted by atomic mass is 14.8. The Morgan fingerprint density at radius 1 is 0.947 bits per heavy atom. The largest absolute Gasteiger partial charge is 0.244 e. The Bertz CT molecular complexity index is 509. The number of rotatable bonds is 3. The molecule has 2 aromatic rings. The predicted octanol–water partition coefficient (Wildman–Crippen LogP) is 4.68. The van der Waals surface area contributed by atoms with E-state index in [1.807, 2.05) is 12.4 Å². The summed E-state index contributed by atoms with van der Waals surface area (Å²) in [7, 11) is 0. The predicted molar refractivity (Wildman–Crippen MR) is 80.0 cm³/mol. The summed E-state index contributed by atoms with van der Waals surface area (Å²) < 4.78 is 0. The average molecular weight is 254 g/mol. The normalized spacial score (nSPS) is 13.3. The van der Waals surface area contributed by atoms with E-state index in [9.17, 15) is 0 Å². The van der Waals surface area contributed by atoms with Crippen molar-refractivity contribution in [1.82, 2.24) is 9.97 Å². The molecule has 100 valence electrons. The van der Waals surface area contributed by atoms with E-state index in [0.29, 0.717) is 11.3 Å². The molecule has 0 aliphatic heterocycles. The quantitative estimate of drug-likeness (QED) is 0.794. The SMILES string of the molecule is CC(CC(C)(C)C)c1ccc(-c2cncnc2)cc1. The van der Waals surface area contributed by atoms with E-state index in [0.717, 1.165) is 5.56 Å². The van der Waals surface area contributed by atoms with E-state index < -0.39 is 0 Å². The maximum absolute atomic E-state index is 4.06. The maximum atomic E-state index is 4.06. The summed E-state index contributed by atoms with van der Waals surface area (Å²) in [6.07, 6.45) is 6.45. The molecule has 0 radical (unpaired) electrons. The third kappa shape index (κ3) is 3.88. The molecule has 0 aliphatic carbocycles. The molecule has 0 saturated heterocycles. The van der Waals surface area contributed by atoms with Gasteiger partial charge in [0.1, 0.15) is 6.33 Å². The summed E-state index contributed by atoms with van der Waals surface area (Å²) in [6.45, 7) is 9.17. The Labute approximate surface area is 115 Å². The lowest BCUT2D eigenvalue weighted by molar-refractivity contribution is 0.349. The molecule has 0 amide bonds. The molecule has 19 heavy (non-hydrogen) atoms. The van der Waals surface area contributed by atoms with Crippen LogP contribution in [-0.4, -0.2) is 9.97 Å². The average Bonchev–Trinajstić information content (AvgIpc) is 2.38. The molecular weight excluding hydrogens is 232 g/mol. The Hall–Kier alpha value is -1.70. The van der Waals surface area contributed by atoms with Crippen molar-refractivity contribution in [3.05, 3.63) is 48.5 Å². The van der Waals surface area contributed by atoms with Crippen molar-refractivity contribution in [3.63, 3.8) is 0 Å². The number of hydrogen-bond acceptors (Lipinski definition) is 2. The summed E-state index contributed by atoms with van der Waals surface area (Å²) in [5.41, 5.74) is 4.01. The summed E-state index contributed by atoms with van der Waals surface area (Å²) in [5, 5.41) is 0. The highest BCUT2D eigenvalue weighted by molar-refractivity contribution is 5.61. The molecule has 0 bridgehead atoms. The van der Waals surface area contributed by atoms with Gasteiger partial charge >= 0.3 is 0 Å². The standard InChI is InChI=1S/C17H22N2/c1-13(9-17(2,3)4)14-5-7-15(8-6-14)16-10-18-12-19-11-16/h5-8,10-13H,9H2,1-4H3. The van der Waals surface area contributed by atoms with E-state index >= 15 is 0 Å². The summed E-state index contributed by atoms with van der Waals surface area (Å²) in [6, 6.07) is 8.76. The van der Waals surface area contributed by atoms with Crippen molar-refractivity contribution in [1.29, 1.82) is 0 Å². The van der Waals surface area contributed by atoms with Crippen molar-refractivity contribution < 1.29 is 0 Å². The zero-order valence-electron chi connectivity index (χ0n) is 12.2. The fourth-order valence-corrected chi connectivity index (χ4v) is 2.49. The van der Waals surface area contributed by atoms with Crippen LogP contribution in [0.4, 0.5) is 0 Å². The molecule has 2 rings (SSSR count). The molecule has 1 aromatic heterocycles. The first-order valence-electron chi connectivity index (χ1n) is 6.81. The van der Waals surface area contributed by atoms with Gasteiger partial charge in [0.2, 0.25) is 0 Å². The Morgan fingerprint density at radius 3 is 2.05 bits per heavy atom. The van der Waals surface area contributed by atoms with E-state index in [1.165, 1.54) is 17.5 Å². The van der Waals surface area contributed by atoms with Gasteiger partial charge in [-0.3, -0.25) is 0 Å². The van der Waals surface area contributed by atoms with Crippen molar-refractivity contribution in [3.8, 4) is 11.1 Å². The van der Waals surface area contributed by atoms with E-state index in [-0.39, 0.29) is 0 Å². The van der Waals surface area contributed by atoms with Gasteiger partial charge in [0.25, 0.3) is 0 Å². The van der Waals surface area contributed by atoms with Gasteiger partial charge in [0, 0.05) is 18.0 Å². The van der Waals surface area contributed by atoms with E-state index in [1.54, 1.807) is 6.33 Å². The second-order valence-corrected chi connectivity index (χ2v) is 6.41. The zero-order valence-corrected chi connectivity index (χ0v) is 12.2. The molecule has 0 fully saturated rings. The van der Waals surface area contributed by atoms with Gasteiger partial charge in [-0.2, -0.15) is 0 Å². The summed E-state index contributed by atoms with van der Waals surface area (Å²) in [5.74, 6) is 0.584. The highest BCUT2D eigenvalue weighted by Crippen LogP contribution is 2.31. The van der Waals surface area contributed by atoms with Gasteiger partial charge < -0.3 is 0 Å². The van der Waals surface area contributed by atoms with Crippen LogP contribution in [0.5, 0.6) is 0 Å². The first-order chi connectivity index (χ1) is 8.96. The van der Waals surface area contributed by atoms with Crippen LogP contribution >= 0.6 is 0 Å². The van der Waals surface area contributed by atoms with Crippen molar-refractivity contribution in [2.45, 2.75) is 40.0 Å². The third-order valence-electron chi connectivity index (χ3n) is 3.29. The minimum atomic E-state index is 0.366. The van der Waals surface area contributed by atoms with E-state index in [4.69, 9.17) is 0 Å². The topological polar surface area (TPSA) is 25.8 Å². The fourth-order valence-electron chi connectivity index (χ4n) is 2.49. The smallest absolute Gasteiger partial charge is 0.115 e. The van der Waals surface area contributed by atoms with Gasteiger partial charge in [-0.15, -0.1) is 0 Å². The van der Waals surface area contributed by atoms with Gasteiger partial charge in [0.15, 0.2) is 0 Å². The lowest BCUT2D eigenvalue weighted by Gasteiger charge is -2.23. The molecule has 0 spiro atoms. The van der Waals surface area contributed by atoms with Gasteiger partial charge in [-0.05, 0) is 28.9 Å². The monoisotopic (exact) mass is 254 g/mol. The molecule has 1 unspecified atom stereocenters. The van der Waals surface area contributed by atoms with Crippen LogP contribution in [-0.2, 0) is 0 Å². The second-order valence-electron chi connectivity index (χ2n) is 6.41. The minimum absolute atomic E-state index is 0.366. The third-order valence-corrected chi connectivity index (χ3v) is 3.29. The van der Waals surface area contributed by atoms with Crippen LogP contribution < -0.4 is 0 Å². The second kappa shape index (κ2) is 5.52. The zero-order chi connectivity index (χ0) is 13.9. The van der Waals surface area contributed by atoms with Crippen molar-refractivity contribution in [2.75, 3.05) is 0 Å². The number of aromatic nitrogens is 2. The van der Waals surface area contributed by atoms with E-state index in [2.05, 4.69) is 61.9 Å². The van der Waals surface area contributed by atoms with Crippen molar-refractivity contribution in [2.24, 2.45) is 5.41 Å². The molecule has 2 heteroatoms. The molecule has 0 N–H and O–H groups in total. The lowest BCUT2D eigenvalue weighted by atomic mass is 9.82. The fraction of sp³-hybridized carbons (Fsp3) is 0.412. The lowest BCUT2D eigenvalue weighted by Crippen LogP contribution is -2.09. The number of hydrogen-bond donors (Lipinski definition) is 0. The van der Waals surface area contributed by atoms with Crippen LogP contribution in [0.3, 0.4) is 0 Å². The van der Waals surface area contributed by atoms with Crippen molar-refractivity contribution >= 4 is 0 Å². The van der Waals surface area contributed by atoms with Crippen LogP contribution in [0.25, 0.3) is 11.1 Å². The molecule has 0 saturated carbocycles. The highest BCUT2D eigenvalue weighted by Gasteiger charge is 2.16. The Kier molecular flexibility index (Phi) is 3.98. The maximum Gasteiger partial charge on any atom is 0.115 e. The number of benzene rings is 1. The molecular formula is C17H22N2. The summed E-state index contributed by atoms with van der Waals surface area (Å²) >= 11 is 0. The van der Waals surface area contributed by atoms with Crippen LogP contribution in [0.15, 0.2) is 43.0 Å². The first-order valence-corrected chi connectivity index (χ1v) is 6.81.